The molecule has 0 radical (unpaired) electrons. The van der Waals surface area contributed by atoms with Crippen LogP contribution in [0.4, 0.5) is 0 Å². The van der Waals surface area contributed by atoms with Crippen LogP contribution in [0.25, 0.3) is 0 Å². The van der Waals surface area contributed by atoms with Crippen molar-refractivity contribution in [3.05, 3.63) is 35.4 Å². The fourth-order valence-corrected chi connectivity index (χ4v) is 1.41. The van der Waals surface area contributed by atoms with Crippen LogP contribution >= 0.6 is 0 Å². The number of hydrogen-bond acceptors (Lipinski definition) is 3. The van der Waals surface area contributed by atoms with Gasteiger partial charge in [0.25, 0.3) is 5.91 Å². The molecule has 0 saturated heterocycles. The van der Waals surface area contributed by atoms with Gasteiger partial charge in [0.15, 0.2) is 0 Å². The summed E-state index contributed by atoms with van der Waals surface area (Å²) >= 11 is 0. The minimum Gasteiger partial charge on any atom is -0.384 e. The van der Waals surface area contributed by atoms with Crippen molar-refractivity contribution >= 4 is 5.91 Å². The van der Waals surface area contributed by atoms with Gasteiger partial charge in [-0.05, 0) is 26.2 Å². The van der Waals surface area contributed by atoms with Crippen molar-refractivity contribution < 1.29 is 9.90 Å². The quantitative estimate of drug-likeness (QED) is 0.752. The molecule has 4 heteroatoms. The number of amides is 1. The molecule has 0 saturated carbocycles. The van der Waals surface area contributed by atoms with Crippen LogP contribution in [0.2, 0.25) is 0 Å². The smallest absolute Gasteiger partial charge is 0.252 e. The van der Waals surface area contributed by atoms with E-state index in [0.29, 0.717) is 17.7 Å². The van der Waals surface area contributed by atoms with Gasteiger partial charge >= 0.3 is 0 Å². The number of carbonyl (C=O) groups is 1. The lowest BCUT2D eigenvalue weighted by molar-refractivity contribution is 0.0951. The first-order chi connectivity index (χ1) is 8.65. The second-order valence-electron chi connectivity index (χ2n) is 4.06. The van der Waals surface area contributed by atoms with E-state index in [0.717, 1.165) is 6.54 Å². The second kappa shape index (κ2) is 7.49. The Balaban J connectivity index is 2.73. The number of rotatable bonds is 4. The van der Waals surface area contributed by atoms with E-state index >= 15 is 0 Å². The van der Waals surface area contributed by atoms with Crippen molar-refractivity contribution in [3.63, 3.8) is 0 Å². The van der Waals surface area contributed by atoms with Crippen molar-refractivity contribution in [2.24, 2.45) is 0 Å². The molecular formula is C14H18N2O2. The van der Waals surface area contributed by atoms with Crippen LogP contribution in [0.1, 0.15) is 15.9 Å². The zero-order chi connectivity index (χ0) is 13.4. The Hall–Kier alpha value is -1.83. The lowest BCUT2D eigenvalue weighted by atomic mass is 10.1. The van der Waals surface area contributed by atoms with Crippen molar-refractivity contribution in [2.75, 3.05) is 33.8 Å². The van der Waals surface area contributed by atoms with Gasteiger partial charge in [0.2, 0.25) is 0 Å². The molecule has 0 aliphatic rings. The predicted molar refractivity (Wildman–Crippen MR) is 71.3 cm³/mol. The fraction of sp³-hybridized carbons (Fsp3) is 0.357. The van der Waals surface area contributed by atoms with Crippen molar-refractivity contribution in [2.45, 2.75) is 0 Å². The van der Waals surface area contributed by atoms with Crippen LogP contribution in [-0.4, -0.2) is 49.7 Å². The zero-order valence-corrected chi connectivity index (χ0v) is 10.7. The molecule has 2 N–H and O–H groups in total. The summed E-state index contributed by atoms with van der Waals surface area (Å²) in [7, 11) is 3.90. The summed E-state index contributed by atoms with van der Waals surface area (Å²) in [6.07, 6.45) is 0. The number of nitrogens with one attached hydrogen (secondary N) is 1. The molecule has 0 unspecified atom stereocenters. The topological polar surface area (TPSA) is 52.6 Å². The largest absolute Gasteiger partial charge is 0.384 e. The van der Waals surface area contributed by atoms with Crippen LogP contribution in [0.5, 0.6) is 0 Å². The number of likely N-dealkylation sites (N-methyl/N-ethyl adjacent to an activating group) is 1. The van der Waals surface area contributed by atoms with Gasteiger partial charge in [0.1, 0.15) is 6.61 Å². The lowest BCUT2D eigenvalue weighted by Crippen LogP contribution is -2.31. The molecule has 0 fully saturated rings. The highest BCUT2D eigenvalue weighted by Gasteiger charge is 2.08. The minimum absolute atomic E-state index is 0.139. The van der Waals surface area contributed by atoms with Crippen LogP contribution < -0.4 is 5.32 Å². The molecule has 0 atom stereocenters. The number of aliphatic hydroxyl groups excluding tert-OH is 1. The molecule has 0 bridgehead atoms. The molecule has 1 rings (SSSR count). The number of hydrogen-bond donors (Lipinski definition) is 2. The SMILES string of the molecule is CN(C)CCNC(=O)c1ccccc1C#CCO. The molecule has 0 aliphatic heterocycles. The highest BCUT2D eigenvalue weighted by atomic mass is 16.2. The minimum atomic E-state index is -0.212. The van der Waals surface area contributed by atoms with Gasteiger partial charge in [0.05, 0.1) is 5.56 Å². The van der Waals surface area contributed by atoms with Crippen LogP contribution in [0.3, 0.4) is 0 Å². The van der Waals surface area contributed by atoms with E-state index in [1.165, 1.54) is 0 Å². The average molecular weight is 246 g/mol. The predicted octanol–water partition coefficient (Wildman–Crippen LogP) is 0.322. The lowest BCUT2D eigenvalue weighted by Gasteiger charge is -2.11. The van der Waals surface area contributed by atoms with Crippen LogP contribution in [0.15, 0.2) is 24.3 Å². The summed E-state index contributed by atoms with van der Waals surface area (Å²) in [5.41, 5.74) is 1.17. The van der Waals surface area contributed by atoms with Gasteiger partial charge in [-0.15, -0.1) is 0 Å². The van der Waals surface area contributed by atoms with Gasteiger partial charge in [-0.3, -0.25) is 4.79 Å². The molecule has 0 spiro atoms. The van der Waals surface area contributed by atoms with Gasteiger partial charge in [-0.2, -0.15) is 0 Å². The van der Waals surface area contributed by atoms with E-state index in [1.54, 1.807) is 18.2 Å². The van der Waals surface area contributed by atoms with E-state index < -0.39 is 0 Å². The Bertz CT molecular complexity index is 458. The monoisotopic (exact) mass is 246 g/mol. The Morgan fingerprint density at radius 2 is 2.11 bits per heavy atom. The standard InChI is InChI=1S/C14H18N2O2/c1-16(2)10-9-15-14(18)13-8-4-3-6-12(13)7-5-11-17/h3-4,6,8,17H,9-11H2,1-2H3,(H,15,18). The molecule has 1 amide bonds. The Morgan fingerprint density at radius 1 is 1.39 bits per heavy atom. The highest BCUT2D eigenvalue weighted by molar-refractivity contribution is 5.96. The summed E-state index contributed by atoms with van der Waals surface area (Å²) < 4.78 is 0. The van der Waals surface area contributed by atoms with Crippen LogP contribution in [-0.2, 0) is 0 Å². The van der Waals surface area contributed by atoms with Crippen molar-refractivity contribution in [1.29, 1.82) is 0 Å². The van der Waals surface area contributed by atoms with Gasteiger partial charge < -0.3 is 15.3 Å². The maximum atomic E-state index is 12.0. The normalized spacial score (nSPS) is 9.78. The first kappa shape index (κ1) is 14.2. The Morgan fingerprint density at radius 3 is 2.78 bits per heavy atom. The molecule has 4 nitrogen and oxygen atoms in total. The first-order valence-corrected chi connectivity index (χ1v) is 5.77. The molecule has 18 heavy (non-hydrogen) atoms. The Labute approximate surface area is 108 Å². The zero-order valence-electron chi connectivity index (χ0n) is 10.7. The highest BCUT2D eigenvalue weighted by Crippen LogP contribution is 2.06. The fourth-order valence-electron chi connectivity index (χ4n) is 1.41. The summed E-state index contributed by atoms with van der Waals surface area (Å²) in [6.45, 7) is 1.17. The molecule has 0 aromatic heterocycles. The molecule has 1 aromatic carbocycles. The molecule has 1 aromatic rings. The molecule has 0 heterocycles. The van der Waals surface area contributed by atoms with Crippen LogP contribution in [0, 0.1) is 11.8 Å². The first-order valence-electron chi connectivity index (χ1n) is 5.77. The van der Waals surface area contributed by atoms with Gasteiger partial charge in [-0.25, -0.2) is 0 Å². The maximum absolute atomic E-state index is 12.0. The Kier molecular flexibility index (Phi) is 5.92. The van der Waals surface area contributed by atoms with Gasteiger partial charge in [-0.1, -0.05) is 24.0 Å². The molecular weight excluding hydrogens is 228 g/mol. The second-order valence-corrected chi connectivity index (χ2v) is 4.06. The van der Waals surface area contributed by atoms with Crippen molar-refractivity contribution in [1.82, 2.24) is 10.2 Å². The number of benzene rings is 1. The summed E-state index contributed by atoms with van der Waals surface area (Å²) in [4.78, 5) is 13.9. The van der Waals surface area contributed by atoms with Crippen molar-refractivity contribution in [3.8, 4) is 11.8 Å². The molecule has 0 aliphatic carbocycles. The number of nitrogens with zero attached hydrogens (tertiary/aromatic N) is 1. The van der Waals surface area contributed by atoms with Gasteiger partial charge in [0, 0.05) is 18.7 Å². The number of carbonyl (C=O) groups excluding carboxylic acids is 1. The maximum Gasteiger partial charge on any atom is 0.252 e. The number of aliphatic hydroxyl groups is 1. The summed E-state index contributed by atoms with van der Waals surface area (Å²) in [5, 5.41) is 11.5. The third-order valence-electron chi connectivity index (χ3n) is 2.32. The van der Waals surface area contributed by atoms with E-state index in [1.807, 2.05) is 25.1 Å². The summed E-state index contributed by atoms with van der Waals surface area (Å²) in [6, 6.07) is 7.11. The van der Waals surface area contributed by atoms with E-state index in [-0.39, 0.29) is 12.5 Å². The van der Waals surface area contributed by atoms with E-state index in [2.05, 4.69) is 17.2 Å². The third kappa shape index (κ3) is 4.58. The molecule has 96 valence electrons. The summed E-state index contributed by atoms with van der Waals surface area (Å²) in [5.74, 6) is 5.18. The average Bonchev–Trinajstić information content (AvgIpc) is 2.36. The van der Waals surface area contributed by atoms with E-state index in [9.17, 15) is 4.79 Å². The third-order valence-corrected chi connectivity index (χ3v) is 2.32. The van der Waals surface area contributed by atoms with E-state index in [4.69, 9.17) is 5.11 Å².